The molecular weight excluding hydrogens is 312 g/mol. The van der Waals surface area contributed by atoms with E-state index in [-0.39, 0.29) is 5.91 Å². The molecule has 4 nitrogen and oxygen atoms in total. The minimum atomic E-state index is -0.507. The standard InChI is InChI=1S/C21H22N2O2/c1-2-25-18-10-11-19(16(14-18)15-22)23-20(24)21(12-6-7-13-21)17-8-4-3-5-9-17/h3-5,8-11,14H,2,6-7,12-13H2,1H3,(H,23,24). The fraction of sp³-hybridized carbons (Fsp3) is 0.333. The highest BCUT2D eigenvalue weighted by atomic mass is 16.5. The topological polar surface area (TPSA) is 62.1 Å². The average Bonchev–Trinajstić information content (AvgIpc) is 3.15. The van der Waals surface area contributed by atoms with Gasteiger partial charge >= 0.3 is 0 Å². The number of anilines is 1. The third kappa shape index (κ3) is 3.36. The van der Waals surface area contributed by atoms with Gasteiger partial charge in [-0.15, -0.1) is 0 Å². The molecule has 4 heteroatoms. The molecule has 1 saturated carbocycles. The van der Waals surface area contributed by atoms with Gasteiger partial charge in [0.05, 0.1) is 23.3 Å². The van der Waals surface area contributed by atoms with E-state index in [0.717, 1.165) is 31.2 Å². The molecule has 1 fully saturated rings. The van der Waals surface area contributed by atoms with Gasteiger partial charge in [0, 0.05) is 0 Å². The van der Waals surface area contributed by atoms with Crippen molar-refractivity contribution in [2.75, 3.05) is 11.9 Å². The Hall–Kier alpha value is -2.80. The minimum Gasteiger partial charge on any atom is -0.494 e. The van der Waals surface area contributed by atoms with Gasteiger partial charge in [-0.1, -0.05) is 43.2 Å². The lowest BCUT2D eigenvalue weighted by Gasteiger charge is -2.28. The molecule has 1 amide bonds. The number of rotatable bonds is 5. The third-order valence-electron chi connectivity index (χ3n) is 4.89. The molecule has 0 bridgehead atoms. The molecule has 0 atom stereocenters. The maximum Gasteiger partial charge on any atom is 0.235 e. The Kier molecular flexibility index (Phi) is 5.04. The summed E-state index contributed by atoms with van der Waals surface area (Å²) in [6.07, 6.45) is 3.75. The predicted octanol–water partition coefficient (Wildman–Crippen LogP) is 4.41. The first kappa shape index (κ1) is 17.0. The number of hydrogen-bond acceptors (Lipinski definition) is 3. The zero-order valence-electron chi connectivity index (χ0n) is 14.4. The van der Waals surface area contributed by atoms with Gasteiger partial charge in [-0.25, -0.2) is 0 Å². The Labute approximate surface area is 148 Å². The number of ether oxygens (including phenoxy) is 1. The first-order valence-electron chi connectivity index (χ1n) is 8.73. The van der Waals surface area contributed by atoms with Gasteiger partial charge in [-0.2, -0.15) is 5.26 Å². The van der Waals surface area contributed by atoms with Crippen molar-refractivity contribution in [1.82, 2.24) is 0 Å². The van der Waals surface area contributed by atoms with E-state index in [9.17, 15) is 10.1 Å². The molecule has 0 heterocycles. The quantitative estimate of drug-likeness (QED) is 0.881. The van der Waals surface area contributed by atoms with Gasteiger partial charge in [-0.3, -0.25) is 4.79 Å². The smallest absolute Gasteiger partial charge is 0.235 e. The maximum atomic E-state index is 13.2. The van der Waals surface area contributed by atoms with E-state index in [2.05, 4.69) is 11.4 Å². The number of nitrogens with one attached hydrogen (secondary N) is 1. The van der Waals surface area contributed by atoms with Crippen molar-refractivity contribution in [2.45, 2.75) is 38.0 Å². The molecule has 0 saturated heterocycles. The third-order valence-corrected chi connectivity index (χ3v) is 4.89. The van der Waals surface area contributed by atoms with Crippen molar-refractivity contribution in [3.05, 3.63) is 59.7 Å². The van der Waals surface area contributed by atoms with Crippen LogP contribution in [-0.4, -0.2) is 12.5 Å². The number of amides is 1. The fourth-order valence-electron chi connectivity index (χ4n) is 3.61. The Bertz CT molecular complexity index is 787. The summed E-state index contributed by atoms with van der Waals surface area (Å²) in [7, 11) is 0. The first-order chi connectivity index (χ1) is 12.2. The van der Waals surface area contributed by atoms with Crippen molar-refractivity contribution in [2.24, 2.45) is 0 Å². The van der Waals surface area contributed by atoms with Crippen LogP contribution >= 0.6 is 0 Å². The van der Waals surface area contributed by atoms with Gasteiger partial charge in [0.25, 0.3) is 0 Å². The zero-order valence-corrected chi connectivity index (χ0v) is 14.4. The normalized spacial score (nSPS) is 15.4. The molecule has 0 aromatic heterocycles. The second-order valence-electron chi connectivity index (χ2n) is 6.36. The number of carbonyl (C=O) groups excluding carboxylic acids is 1. The van der Waals surface area contributed by atoms with Crippen LogP contribution in [0, 0.1) is 11.3 Å². The molecule has 0 spiro atoms. The summed E-state index contributed by atoms with van der Waals surface area (Å²) in [5.74, 6) is 0.604. The van der Waals surface area contributed by atoms with Crippen LogP contribution in [0.15, 0.2) is 48.5 Å². The van der Waals surface area contributed by atoms with Crippen molar-refractivity contribution in [3.63, 3.8) is 0 Å². The van der Waals surface area contributed by atoms with Crippen LogP contribution in [0.4, 0.5) is 5.69 Å². The highest BCUT2D eigenvalue weighted by Gasteiger charge is 2.42. The summed E-state index contributed by atoms with van der Waals surface area (Å²) >= 11 is 0. The van der Waals surface area contributed by atoms with Gasteiger partial charge in [0.15, 0.2) is 0 Å². The van der Waals surface area contributed by atoms with E-state index in [4.69, 9.17) is 4.74 Å². The predicted molar refractivity (Wildman–Crippen MR) is 97.5 cm³/mol. The van der Waals surface area contributed by atoms with Gasteiger partial charge in [-0.05, 0) is 43.5 Å². The monoisotopic (exact) mass is 334 g/mol. The van der Waals surface area contributed by atoms with E-state index < -0.39 is 5.41 Å². The summed E-state index contributed by atoms with van der Waals surface area (Å²) in [6.45, 7) is 2.43. The van der Waals surface area contributed by atoms with E-state index >= 15 is 0 Å². The molecule has 1 aliphatic rings. The molecule has 0 unspecified atom stereocenters. The summed E-state index contributed by atoms with van der Waals surface area (Å²) in [5, 5.41) is 12.4. The Morgan fingerprint density at radius 2 is 1.92 bits per heavy atom. The molecule has 1 aliphatic carbocycles. The van der Waals surface area contributed by atoms with E-state index in [0.29, 0.717) is 23.6 Å². The van der Waals surface area contributed by atoms with Crippen molar-refractivity contribution < 1.29 is 9.53 Å². The van der Waals surface area contributed by atoms with Crippen LogP contribution in [0.5, 0.6) is 5.75 Å². The average molecular weight is 334 g/mol. The summed E-state index contributed by atoms with van der Waals surface area (Å²) in [5.41, 5.74) is 1.50. The Morgan fingerprint density at radius 3 is 2.56 bits per heavy atom. The van der Waals surface area contributed by atoms with E-state index in [1.165, 1.54) is 0 Å². The zero-order chi connectivity index (χ0) is 17.7. The van der Waals surface area contributed by atoms with Crippen LogP contribution in [0.2, 0.25) is 0 Å². The minimum absolute atomic E-state index is 0.0307. The van der Waals surface area contributed by atoms with Crippen LogP contribution in [-0.2, 0) is 10.2 Å². The number of nitrogens with zero attached hydrogens (tertiary/aromatic N) is 1. The molecule has 25 heavy (non-hydrogen) atoms. The van der Waals surface area contributed by atoms with Crippen LogP contribution < -0.4 is 10.1 Å². The SMILES string of the molecule is CCOc1ccc(NC(=O)C2(c3ccccc3)CCCC2)c(C#N)c1. The molecule has 3 rings (SSSR count). The summed E-state index contributed by atoms with van der Waals surface area (Å²) < 4.78 is 5.43. The Balaban J connectivity index is 1.89. The van der Waals surface area contributed by atoms with Crippen LogP contribution in [0.25, 0.3) is 0 Å². The molecular formula is C21H22N2O2. The Morgan fingerprint density at radius 1 is 1.20 bits per heavy atom. The van der Waals surface area contributed by atoms with Crippen LogP contribution in [0.1, 0.15) is 43.7 Å². The first-order valence-corrected chi connectivity index (χ1v) is 8.73. The highest BCUT2D eigenvalue weighted by molar-refractivity contribution is 6.00. The lowest BCUT2D eigenvalue weighted by atomic mass is 9.78. The van der Waals surface area contributed by atoms with Crippen LogP contribution in [0.3, 0.4) is 0 Å². The largest absolute Gasteiger partial charge is 0.494 e. The lowest BCUT2D eigenvalue weighted by molar-refractivity contribution is -0.121. The molecule has 1 N–H and O–H groups in total. The van der Waals surface area contributed by atoms with Crippen molar-refractivity contribution >= 4 is 11.6 Å². The molecule has 0 aliphatic heterocycles. The number of nitriles is 1. The number of benzene rings is 2. The molecule has 2 aromatic carbocycles. The van der Waals surface area contributed by atoms with Crippen molar-refractivity contribution in [1.29, 1.82) is 5.26 Å². The maximum absolute atomic E-state index is 13.2. The second-order valence-corrected chi connectivity index (χ2v) is 6.36. The van der Waals surface area contributed by atoms with E-state index in [1.54, 1.807) is 18.2 Å². The fourth-order valence-corrected chi connectivity index (χ4v) is 3.61. The highest BCUT2D eigenvalue weighted by Crippen LogP contribution is 2.42. The number of hydrogen-bond donors (Lipinski definition) is 1. The summed E-state index contributed by atoms with van der Waals surface area (Å²) in [4.78, 5) is 13.2. The molecule has 2 aromatic rings. The van der Waals surface area contributed by atoms with E-state index in [1.807, 2.05) is 37.3 Å². The van der Waals surface area contributed by atoms with Gasteiger partial charge in [0.1, 0.15) is 11.8 Å². The van der Waals surface area contributed by atoms with Gasteiger partial charge < -0.3 is 10.1 Å². The second kappa shape index (κ2) is 7.40. The summed E-state index contributed by atoms with van der Waals surface area (Å²) in [6, 6.07) is 17.3. The lowest BCUT2D eigenvalue weighted by Crippen LogP contribution is -2.38. The van der Waals surface area contributed by atoms with Gasteiger partial charge in [0.2, 0.25) is 5.91 Å². The number of carbonyl (C=O) groups is 1. The van der Waals surface area contributed by atoms with Crippen molar-refractivity contribution in [3.8, 4) is 11.8 Å². The molecule has 128 valence electrons. The molecule has 0 radical (unpaired) electrons.